The molecule has 0 heterocycles. The SMILES string of the molecule is Cc1ccc(S(=O)(=O)N=[S@](C)C[C@H]2CC2(Cl)Cl)cc1. The van der Waals surface area contributed by atoms with E-state index in [0.29, 0.717) is 12.2 Å². The van der Waals surface area contributed by atoms with Crippen LogP contribution in [0.25, 0.3) is 0 Å². The summed E-state index contributed by atoms with van der Waals surface area (Å²) in [7, 11) is -4.17. The monoisotopic (exact) mass is 339 g/mol. The number of aryl methyl sites for hydroxylation is 1. The van der Waals surface area contributed by atoms with Crippen LogP contribution in [0.1, 0.15) is 12.0 Å². The molecule has 7 heteroatoms. The van der Waals surface area contributed by atoms with E-state index in [9.17, 15) is 8.42 Å². The Hall–Kier alpha value is -0.100. The maximum Gasteiger partial charge on any atom is 0.287 e. The quantitative estimate of drug-likeness (QED) is 0.790. The van der Waals surface area contributed by atoms with Crippen molar-refractivity contribution in [2.24, 2.45) is 9.69 Å². The van der Waals surface area contributed by atoms with Crippen LogP contribution in [-0.2, 0) is 20.7 Å². The van der Waals surface area contributed by atoms with Gasteiger partial charge in [-0.15, -0.1) is 27.0 Å². The number of alkyl halides is 2. The predicted octanol–water partition coefficient (Wildman–Crippen LogP) is 3.31. The molecule has 0 bridgehead atoms. The lowest BCUT2D eigenvalue weighted by atomic mass is 10.2. The van der Waals surface area contributed by atoms with Crippen LogP contribution >= 0.6 is 23.2 Å². The van der Waals surface area contributed by atoms with Crippen LogP contribution in [-0.4, -0.2) is 24.8 Å². The minimum Gasteiger partial charge on any atom is -0.199 e. The molecule has 2 atom stereocenters. The molecule has 1 aliphatic rings. The van der Waals surface area contributed by atoms with Gasteiger partial charge in [0.25, 0.3) is 10.0 Å². The number of halogens is 2. The average molecular weight is 340 g/mol. The summed E-state index contributed by atoms with van der Waals surface area (Å²) in [6.45, 7) is 1.91. The Morgan fingerprint density at radius 3 is 2.37 bits per heavy atom. The van der Waals surface area contributed by atoms with Crippen molar-refractivity contribution in [3.8, 4) is 0 Å². The molecule has 2 rings (SSSR count). The number of sulfonamides is 1. The maximum absolute atomic E-state index is 12.1. The van der Waals surface area contributed by atoms with E-state index in [1.807, 2.05) is 6.92 Å². The van der Waals surface area contributed by atoms with Crippen molar-refractivity contribution in [1.82, 2.24) is 0 Å². The zero-order valence-corrected chi connectivity index (χ0v) is 13.8. The average Bonchev–Trinajstić information content (AvgIpc) is 2.85. The fourth-order valence-electron chi connectivity index (χ4n) is 1.69. The zero-order chi connectivity index (χ0) is 14.3. The van der Waals surface area contributed by atoms with Crippen LogP contribution in [0.2, 0.25) is 0 Å². The van der Waals surface area contributed by atoms with Crippen molar-refractivity contribution >= 4 is 43.9 Å². The topological polar surface area (TPSA) is 46.5 Å². The Morgan fingerprint density at radius 2 is 1.89 bits per heavy atom. The zero-order valence-electron chi connectivity index (χ0n) is 10.6. The molecule has 0 saturated heterocycles. The summed E-state index contributed by atoms with van der Waals surface area (Å²) in [4.78, 5) is 0.233. The van der Waals surface area contributed by atoms with E-state index < -0.39 is 25.0 Å². The first-order valence-electron chi connectivity index (χ1n) is 5.76. The molecule has 0 amide bonds. The molecule has 19 heavy (non-hydrogen) atoms. The normalized spacial score (nSPS) is 23.3. The highest BCUT2D eigenvalue weighted by molar-refractivity contribution is 7.99. The second kappa shape index (κ2) is 5.35. The van der Waals surface area contributed by atoms with Crippen LogP contribution in [0.5, 0.6) is 0 Å². The first-order chi connectivity index (χ1) is 8.71. The molecular formula is C12H15Cl2NO2S2. The maximum atomic E-state index is 12.1. The lowest BCUT2D eigenvalue weighted by Gasteiger charge is -2.04. The van der Waals surface area contributed by atoms with Crippen LogP contribution in [0.15, 0.2) is 32.9 Å². The Balaban J connectivity index is 2.14. The number of hydrogen-bond acceptors (Lipinski definition) is 2. The van der Waals surface area contributed by atoms with Crippen molar-refractivity contribution in [2.45, 2.75) is 22.6 Å². The summed E-state index contributed by atoms with van der Waals surface area (Å²) in [6, 6.07) is 6.69. The first kappa shape index (κ1) is 15.3. The predicted molar refractivity (Wildman–Crippen MR) is 81.5 cm³/mol. The first-order valence-corrected chi connectivity index (χ1v) is 9.71. The fourth-order valence-corrected chi connectivity index (χ4v) is 5.80. The van der Waals surface area contributed by atoms with Gasteiger partial charge in [0.15, 0.2) is 0 Å². The van der Waals surface area contributed by atoms with Crippen molar-refractivity contribution in [3.63, 3.8) is 0 Å². The molecule has 0 radical (unpaired) electrons. The molecule has 0 unspecified atom stereocenters. The Bertz CT molecular complexity index is 609. The van der Waals surface area contributed by atoms with Crippen LogP contribution < -0.4 is 0 Å². The molecule has 3 nitrogen and oxygen atoms in total. The molecule has 1 fully saturated rings. The molecule has 0 aliphatic heterocycles. The molecule has 0 N–H and O–H groups in total. The summed E-state index contributed by atoms with van der Waals surface area (Å²) >= 11 is 11.9. The van der Waals surface area contributed by atoms with Crippen molar-refractivity contribution in [3.05, 3.63) is 29.8 Å². The third-order valence-electron chi connectivity index (χ3n) is 2.94. The Kier molecular flexibility index (Phi) is 4.31. The molecule has 106 valence electrons. The number of hydrogen-bond donors (Lipinski definition) is 0. The van der Waals surface area contributed by atoms with Gasteiger partial charge in [-0.3, -0.25) is 0 Å². The van der Waals surface area contributed by atoms with Gasteiger partial charge < -0.3 is 0 Å². The fraction of sp³-hybridized carbons (Fsp3) is 0.500. The van der Waals surface area contributed by atoms with E-state index in [4.69, 9.17) is 23.2 Å². The van der Waals surface area contributed by atoms with Crippen LogP contribution in [0, 0.1) is 12.8 Å². The molecule has 1 aromatic rings. The Labute approximate surface area is 126 Å². The van der Waals surface area contributed by atoms with Crippen molar-refractivity contribution in [1.29, 1.82) is 0 Å². The highest BCUT2D eigenvalue weighted by Gasteiger charge is 2.51. The number of benzene rings is 1. The summed E-state index contributed by atoms with van der Waals surface area (Å²) in [6.07, 6.45) is 2.52. The standard InChI is InChI=1S/C12H15Cl2NO2S2/c1-9-3-5-11(6-4-9)19(16,17)15-18(2)8-10-7-12(10,13)14/h3-6,10H,7-8H2,1-2H3/t10-,18-/m1/s1. The van der Waals surface area contributed by atoms with E-state index in [1.54, 1.807) is 30.5 Å². The van der Waals surface area contributed by atoms with E-state index >= 15 is 0 Å². The van der Waals surface area contributed by atoms with Crippen LogP contribution in [0.4, 0.5) is 0 Å². The van der Waals surface area contributed by atoms with Gasteiger partial charge in [0, 0.05) is 11.7 Å². The lowest BCUT2D eigenvalue weighted by molar-refractivity contribution is 0.598. The molecule has 0 spiro atoms. The number of nitrogens with zero attached hydrogens (tertiary/aromatic N) is 1. The van der Waals surface area contributed by atoms with E-state index in [0.717, 1.165) is 5.56 Å². The summed E-state index contributed by atoms with van der Waals surface area (Å²) < 4.78 is 27.4. The molecule has 1 aliphatic carbocycles. The summed E-state index contributed by atoms with van der Waals surface area (Å²) in [5, 5.41) is 0. The lowest BCUT2D eigenvalue weighted by Crippen LogP contribution is -2.06. The summed E-state index contributed by atoms with van der Waals surface area (Å²) in [5.74, 6) is 0.777. The molecular weight excluding hydrogens is 325 g/mol. The third kappa shape index (κ3) is 3.94. The minimum absolute atomic E-state index is 0.154. The van der Waals surface area contributed by atoms with Gasteiger partial charge in [-0.25, -0.2) is 0 Å². The molecule has 1 aromatic carbocycles. The van der Waals surface area contributed by atoms with Crippen LogP contribution in [0.3, 0.4) is 0 Å². The van der Waals surface area contributed by atoms with E-state index in [1.165, 1.54) is 0 Å². The molecule has 1 saturated carbocycles. The van der Waals surface area contributed by atoms with Gasteiger partial charge in [-0.2, -0.15) is 8.42 Å². The second-order valence-electron chi connectivity index (χ2n) is 4.79. The minimum atomic E-state index is -3.58. The van der Waals surface area contributed by atoms with Gasteiger partial charge >= 0.3 is 0 Å². The Morgan fingerprint density at radius 1 is 1.37 bits per heavy atom. The van der Waals surface area contributed by atoms with E-state index in [-0.39, 0.29) is 10.8 Å². The highest BCUT2D eigenvalue weighted by Crippen LogP contribution is 2.53. The van der Waals surface area contributed by atoms with Gasteiger partial charge in [-0.05, 0) is 31.7 Å². The van der Waals surface area contributed by atoms with Gasteiger partial charge in [-0.1, -0.05) is 28.4 Å². The van der Waals surface area contributed by atoms with Gasteiger partial charge in [0.2, 0.25) is 0 Å². The van der Waals surface area contributed by atoms with Gasteiger partial charge in [0.1, 0.15) is 4.33 Å². The number of rotatable bonds is 4. The summed E-state index contributed by atoms with van der Waals surface area (Å²) in [5.41, 5.74) is 1.02. The second-order valence-corrected chi connectivity index (χ2v) is 9.89. The molecule has 0 aromatic heterocycles. The third-order valence-corrected chi connectivity index (χ3v) is 7.42. The van der Waals surface area contributed by atoms with Crippen molar-refractivity contribution < 1.29 is 8.42 Å². The van der Waals surface area contributed by atoms with Gasteiger partial charge in [0.05, 0.1) is 4.90 Å². The van der Waals surface area contributed by atoms with Crippen molar-refractivity contribution in [2.75, 3.05) is 12.0 Å². The smallest absolute Gasteiger partial charge is 0.199 e. The van der Waals surface area contributed by atoms with E-state index in [2.05, 4.69) is 3.77 Å². The largest absolute Gasteiger partial charge is 0.287 e. The highest BCUT2D eigenvalue weighted by atomic mass is 35.5.